The second-order valence-electron chi connectivity index (χ2n) is 3.46. The number of aliphatic carboxylic acids is 1. The Balaban J connectivity index is 0.000000441. The molecule has 0 aromatic heterocycles. The van der Waals surface area contributed by atoms with Gasteiger partial charge in [-0.1, -0.05) is 12.1 Å². The lowest BCUT2D eigenvalue weighted by atomic mass is 10.3. The number of hydrogen-bond acceptors (Lipinski definition) is 5. The van der Waals surface area contributed by atoms with Gasteiger partial charge in [-0.2, -0.15) is 0 Å². The zero-order valence-electron chi connectivity index (χ0n) is 10.2. The number of carboxylic acid groups (broad SMARTS) is 1. The first kappa shape index (κ1) is 18.3. The number of sulfonamides is 1. The Hall–Kier alpha value is -1.71. The minimum absolute atomic E-state index is 0.184. The average Bonchev–Trinajstić information content (AvgIpc) is 2.36. The van der Waals surface area contributed by atoms with Crippen molar-refractivity contribution >= 4 is 33.3 Å². The molecule has 10 heteroatoms. The SMILES string of the molecule is NS(=O)(=O)c1ccccc1[N+](=O)[O-].O=C(O)CCCCl. The summed E-state index contributed by atoms with van der Waals surface area (Å²) in [6.45, 7) is 0. The molecule has 0 aliphatic heterocycles. The first-order valence-electron chi connectivity index (χ1n) is 5.24. The number of carbonyl (C=O) groups is 1. The molecule has 0 fully saturated rings. The minimum Gasteiger partial charge on any atom is -0.481 e. The number of hydrogen-bond donors (Lipinski definition) is 2. The molecule has 0 radical (unpaired) electrons. The molecule has 0 bridgehead atoms. The fourth-order valence-corrected chi connectivity index (χ4v) is 1.90. The van der Waals surface area contributed by atoms with E-state index in [1.807, 2.05) is 0 Å². The highest BCUT2D eigenvalue weighted by Gasteiger charge is 2.20. The zero-order valence-corrected chi connectivity index (χ0v) is 11.8. The Morgan fingerprint density at radius 2 is 1.95 bits per heavy atom. The third kappa shape index (κ3) is 7.02. The molecule has 8 nitrogen and oxygen atoms in total. The van der Waals surface area contributed by atoms with Crippen molar-refractivity contribution in [2.75, 3.05) is 5.88 Å². The molecule has 0 atom stereocenters. The summed E-state index contributed by atoms with van der Waals surface area (Å²) in [5.41, 5.74) is -0.509. The molecule has 1 aromatic carbocycles. The van der Waals surface area contributed by atoms with Crippen molar-refractivity contribution in [2.45, 2.75) is 17.7 Å². The van der Waals surface area contributed by atoms with E-state index in [0.717, 1.165) is 12.1 Å². The number of halogens is 1. The minimum atomic E-state index is -4.02. The van der Waals surface area contributed by atoms with Crippen LogP contribution in [0.4, 0.5) is 5.69 Å². The molecule has 0 aliphatic carbocycles. The van der Waals surface area contributed by atoms with Gasteiger partial charge in [0.05, 0.1) is 4.92 Å². The molecular formula is C10H13ClN2O6S. The number of rotatable bonds is 5. The molecule has 0 heterocycles. The number of nitrogens with zero attached hydrogens (tertiary/aromatic N) is 1. The second-order valence-corrected chi connectivity index (χ2v) is 5.36. The van der Waals surface area contributed by atoms with Crippen LogP contribution >= 0.6 is 11.6 Å². The first-order valence-corrected chi connectivity index (χ1v) is 7.32. The van der Waals surface area contributed by atoms with E-state index < -0.39 is 31.5 Å². The van der Waals surface area contributed by atoms with Gasteiger partial charge in [0.15, 0.2) is 4.90 Å². The molecule has 0 spiro atoms. The van der Waals surface area contributed by atoms with Crippen molar-refractivity contribution < 1.29 is 23.2 Å². The van der Waals surface area contributed by atoms with Crippen molar-refractivity contribution in [3.63, 3.8) is 0 Å². The zero-order chi connectivity index (χ0) is 15.8. The molecule has 3 N–H and O–H groups in total. The lowest BCUT2D eigenvalue weighted by Gasteiger charge is -1.98. The highest BCUT2D eigenvalue weighted by atomic mass is 35.5. The van der Waals surface area contributed by atoms with Gasteiger partial charge in [-0.05, 0) is 12.5 Å². The number of nitrogens with two attached hydrogens (primary N) is 1. The maximum Gasteiger partial charge on any atom is 0.303 e. The molecular weight excluding hydrogens is 312 g/mol. The summed E-state index contributed by atoms with van der Waals surface area (Å²) >= 11 is 5.18. The summed E-state index contributed by atoms with van der Waals surface area (Å²) in [7, 11) is -4.02. The van der Waals surface area contributed by atoms with E-state index in [1.54, 1.807) is 0 Å². The molecule has 0 unspecified atom stereocenters. The predicted octanol–water partition coefficient (Wildman–Crippen LogP) is 1.33. The molecule has 0 saturated heterocycles. The maximum absolute atomic E-state index is 10.8. The van der Waals surface area contributed by atoms with E-state index in [9.17, 15) is 23.3 Å². The van der Waals surface area contributed by atoms with Gasteiger partial charge in [-0.3, -0.25) is 14.9 Å². The van der Waals surface area contributed by atoms with Gasteiger partial charge in [-0.25, -0.2) is 13.6 Å². The normalized spacial score (nSPS) is 10.3. The molecule has 0 saturated carbocycles. The summed E-state index contributed by atoms with van der Waals surface area (Å²) < 4.78 is 21.7. The van der Waals surface area contributed by atoms with E-state index >= 15 is 0 Å². The Bertz CT molecular complexity index is 575. The molecule has 0 amide bonds. The summed E-state index contributed by atoms with van der Waals surface area (Å²) in [4.78, 5) is 18.8. The lowest BCUT2D eigenvalue weighted by Crippen LogP contribution is -2.13. The van der Waals surface area contributed by atoms with Crippen LogP contribution in [-0.4, -0.2) is 30.3 Å². The van der Waals surface area contributed by atoms with Crippen LogP contribution in [0.5, 0.6) is 0 Å². The van der Waals surface area contributed by atoms with Gasteiger partial charge >= 0.3 is 5.97 Å². The van der Waals surface area contributed by atoms with Crippen LogP contribution in [0.25, 0.3) is 0 Å². The molecule has 1 rings (SSSR count). The van der Waals surface area contributed by atoms with Gasteiger partial charge in [0, 0.05) is 18.4 Å². The van der Waals surface area contributed by atoms with Gasteiger partial charge in [0.1, 0.15) is 0 Å². The number of primary sulfonamides is 1. The topological polar surface area (TPSA) is 141 Å². The van der Waals surface area contributed by atoms with Crippen LogP contribution in [0.3, 0.4) is 0 Å². The summed E-state index contributed by atoms with van der Waals surface area (Å²) in [6.07, 6.45) is 0.750. The number of benzene rings is 1. The standard InChI is InChI=1S/C6H6N2O4S.C4H7ClO2/c7-13(11,12)6-4-2-1-3-5(6)8(9)10;5-3-1-2-4(6)7/h1-4H,(H2,7,11,12);1-3H2,(H,6,7). The van der Waals surface area contributed by atoms with Crippen LogP contribution in [-0.2, 0) is 14.8 Å². The number of nitro groups is 1. The first-order chi connectivity index (χ1) is 9.20. The molecule has 0 aliphatic rings. The summed E-state index contributed by atoms with van der Waals surface area (Å²) in [5.74, 6) is -0.340. The molecule has 20 heavy (non-hydrogen) atoms. The van der Waals surface area contributed by atoms with E-state index in [2.05, 4.69) is 0 Å². The van der Waals surface area contributed by atoms with Crippen molar-refractivity contribution in [2.24, 2.45) is 5.14 Å². The van der Waals surface area contributed by atoms with E-state index in [4.69, 9.17) is 21.8 Å². The number of nitro benzene ring substituents is 1. The molecule has 112 valence electrons. The monoisotopic (exact) mass is 324 g/mol. The van der Waals surface area contributed by atoms with Gasteiger partial charge in [-0.15, -0.1) is 11.6 Å². The highest BCUT2D eigenvalue weighted by molar-refractivity contribution is 7.89. The van der Waals surface area contributed by atoms with Gasteiger partial charge < -0.3 is 5.11 Å². The van der Waals surface area contributed by atoms with Crippen molar-refractivity contribution in [1.82, 2.24) is 0 Å². The fraction of sp³-hybridized carbons (Fsp3) is 0.300. The maximum atomic E-state index is 10.8. The third-order valence-electron chi connectivity index (χ3n) is 1.89. The second kappa shape index (κ2) is 8.46. The third-order valence-corrected chi connectivity index (χ3v) is 3.12. The Morgan fingerprint density at radius 1 is 1.40 bits per heavy atom. The van der Waals surface area contributed by atoms with Crippen LogP contribution in [0.2, 0.25) is 0 Å². The van der Waals surface area contributed by atoms with E-state index in [-0.39, 0.29) is 6.42 Å². The van der Waals surface area contributed by atoms with Crippen LogP contribution < -0.4 is 5.14 Å². The van der Waals surface area contributed by atoms with E-state index in [0.29, 0.717) is 12.3 Å². The smallest absolute Gasteiger partial charge is 0.303 e. The quantitative estimate of drug-likeness (QED) is 0.475. The van der Waals surface area contributed by atoms with Crippen LogP contribution in [0, 0.1) is 10.1 Å². The largest absolute Gasteiger partial charge is 0.481 e. The van der Waals surface area contributed by atoms with Gasteiger partial charge in [0.25, 0.3) is 5.69 Å². The number of carboxylic acids is 1. The summed E-state index contributed by atoms with van der Waals surface area (Å²) in [5, 5.41) is 23.1. The van der Waals surface area contributed by atoms with E-state index in [1.165, 1.54) is 12.1 Å². The Labute approximate surface area is 120 Å². The summed E-state index contributed by atoms with van der Waals surface area (Å²) in [6, 6.07) is 4.91. The van der Waals surface area contributed by atoms with Crippen LogP contribution in [0.15, 0.2) is 29.2 Å². The molecule has 1 aromatic rings. The highest BCUT2D eigenvalue weighted by Crippen LogP contribution is 2.20. The number of para-hydroxylation sites is 1. The Kier molecular flexibility index (Phi) is 7.74. The van der Waals surface area contributed by atoms with Crippen LogP contribution in [0.1, 0.15) is 12.8 Å². The predicted molar refractivity (Wildman–Crippen MR) is 72.1 cm³/mol. The fourth-order valence-electron chi connectivity index (χ4n) is 1.07. The lowest BCUT2D eigenvalue weighted by molar-refractivity contribution is -0.387. The van der Waals surface area contributed by atoms with Crippen molar-refractivity contribution in [3.05, 3.63) is 34.4 Å². The number of alkyl halides is 1. The average molecular weight is 325 g/mol. The van der Waals surface area contributed by atoms with Crippen molar-refractivity contribution in [1.29, 1.82) is 0 Å². The Morgan fingerprint density at radius 3 is 2.25 bits per heavy atom. The van der Waals surface area contributed by atoms with Gasteiger partial charge in [0.2, 0.25) is 10.0 Å². The van der Waals surface area contributed by atoms with Crippen molar-refractivity contribution in [3.8, 4) is 0 Å².